The fourth-order valence-electron chi connectivity index (χ4n) is 5.14. The molecule has 0 bridgehead atoms. The van der Waals surface area contributed by atoms with Crippen LogP contribution in [0.3, 0.4) is 0 Å². The predicted octanol–water partition coefficient (Wildman–Crippen LogP) is 3.62. The monoisotopic (exact) mass is 450 g/mol. The third-order valence-corrected chi connectivity index (χ3v) is 6.10. The summed E-state index contributed by atoms with van der Waals surface area (Å²) in [6.07, 6.45) is 3.36. The molecule has 1 fully saturated rings. The molecule has 0 saturated carbocycles. The van der Waals surface area contributed by atoms with Gasteiger partial charge in [0.25, 0.3) is 0 Å². The molecule has 1 saturated heterocycles. The first-order valence-electron chi connectivity index (χ1n) is 10.9. The predicted molar refractivity (Wildman–Crippen MR) is 122 cm³/mol. The highest BCUT2D eigenvalue weighted by Gasteiger charge is 2.39. The Labute approximate surface area is 190 Å². The molecule has 0 radical (unpaired) electrons. The number of benzene rings is 1. The van der Waals surface area contributed by atoms with Crippen molar-refractivity contribution >= 4 is 11.2 Å². The van der Waals surface area contributed by atoms with Crippen LogP contribution in [0.15, 0.2) is 30.5 Å². The van der Waals surface area contributed by atoms with Gasteiger partial charge in [0.1, 0.15) is 11.3 Å². The molecule has 0 amide bonds. The van der Waals surface area contributed by atoms with Crippen LogP contribution in [0, 0.1) is 5.95 Å². The smallest absolute Gasteiger partial charge is 0.240 e. The van der Waals surface area contributed by atoms with E-state index in [-0.39, 0.29) is 22.9 Å². The molecule has 1 aliphatic heterocycles. The van der Waals surface area contributed by atoms with Crippen LogP contribution in [-0.2, 0) is 7.05 Å². The largest absolute Gasteiger partial charge is 0.507 e. The summed E-state index contributed by atoms with van der Waals surface area (Å²) in [7, 11) is 1.64. The number of halogens is 1. The number of aryl methyl sites for hydroxylation is 1. The lowest BCUT2D eigenvalue weighted by molar-refractivity contribution is 0.127. The molecule has 9 nitrogen and oxygen atoms in total. The summed E-state index contributed by atoms with van der Waals surface area (Å²) >= 11 is 0. The molecule has 0 spiro atoms. The molecule has 5 rings (SSSR count). The summed E-state index contributed by atoms with van der Waals surface area (Å²) < 4.78 is 17.3. The minimum Gasteiger partial charge on any atom is -0.507 e. The van der Waals surface area contributed by atoms with E-state index in [1.807, 2.05) is 4.68 Å². The summed E-state index contributed by atoms with van der Waals surface area (Å²) in [4.78, 5) is 0. The van der Waals surface area contributed by atoms with Crippen molar-refractivity contribution < 1.29 is 9.50 Å². The second kappa shape index (κ2) is 7.31. The van der Waals surface area contributed by atoms with E-state index in [1.165, 1.54) is 10.7 Å². The molecule has 4 aromatic rings. The Balaban J connectivity index is 1.48. The average molecular weight is 451 g/mol. The number of aromatic nitrogens is 7. The van der Waals surface area contributed by atoms with Crippen molar-refractivity contribution in [3.05, 3.63) is 36.4 Å². The molecule has 1 aliphatic rings. The molecule has 4 heterocycles. The van der Waals surface area contributed by atoms with Gasteiger partial charge in [-0.05, 0) is 64.3 Å². The highest BCUT2D eigenvalue weighted by Crippen LogP contribution is 2.37. The fraction of sp³-hybridized carbons (Fsp3) is 0.435. The van der Waals surface area contributed by atoms with Crippen molar-refractivity contribution in [2.24, 2.45) is 7.05 Å². The maximum absolute atomic E-state index is 14.0. The minimum atomic E-state index is -0.591. The summed E-state index contributed by atoms with van der Waals surface area (Å²) in [5.74, 6) is -0.620. The number of phenols is 1. The van der Waals surface area contributed by atoms with E-state index in [9.17, 15) is 9.50 Å². The number of nitrogens with zero attached hydrogens (tertiary/aromatic N) is 7. The Morgan fingerprint density at radius 3 is 2.39 bits per heavy atom. The second-order valence-corrected chi connectivity index (χ2v) is 10.2. The number of aromatic hydroxyl groups is 1. The fourth-order valence-corrected chi connectivity index (χ4v) is 5.14. The number of rotatable bonds is 3. The van der Waals surface area contributed by atoms with Crippen LogP contribution < -0.4 is 5.32 Å². The Hall–Kier alpha value is -3.40. The normalized spacial score (nSPS) is 18.1. The first kappa shape index (κ1) is 21.4. The zero-order valence-corrected chi connectivity index (χ0v) is 19.3. The molecule has 33 heavy (non-hydrogen) atoms. The SMILES string of the molecule is Cn1cc(-c2ccc(-c3cc4nnn(C5CC(C)(C)NC(C)(C)C5)c4nn3)c(O)c2)c(F)n1. The molecule has 0 unspecified atom stereocenters. The van der Waals surface area contributed by atoms with Gasteiger partial charge in [0.2, 0.25) is 11.6 Å². The van der Waals surface area contributed by atoms with Gasteiger partial charge in [0, 0.05) is 29.9 Å². The third kappa shape index (κ3) is 3.95. The van der Waals surface area contributed by atoms with Gasteiger partial charge in [-0.15, -0.1) is 20.4 Å². The van der Waals surface area contributed by atoms with Gasteiger partial charge in [0.05, 0.1) is 17.3 Å². The topological polar surface area (TPSA) is 107 Å². The number of piperidine rings is 1. The van der Waals surface area contributed by atoms with Crippen molar-refractivity contribution in [1.82, 2.24) is 40.3 Å². The molecule has 2 N–H and O–H groups in total. The Morgan fingerprint density at radius 2 is 1.76 bits per heavy atom. The number of hydrogen-bond acceptors (Lipinski definition) is 7. The van der Waals surface area contributed by atoms with Crippen LogP contribution in [0.5, 0.6) is 5.75 Å². The van der Waals surface area contributed by atoms with Crippen molar-refractivity contribution in [3.63, 3.8) is 0 Å². The van der Waals surface area contributed by atoms with E-state index >= 15 is 0 Å². The van der Waals surface area contributed by atoms with Crippen molar-refractivity contribution in [3.8, 4) is 28.1 Å². The van der Waals surface area contributed by atoms with Crippen molar-refractivity contribution in [1.29, 1.82) is 0 Å². The minimum absolute atomic E-state index is 0.0290. The first-order chi connectivity index (χ1) is 15.5. The van der Waals surface area contributed by atoms with Crippen LogP contribution in [-0.4, -0.2) is 51.2 Å². The highest BCUT2D eigenvalue weighted by atomic mass is 19.1. The van der Waals surface area contributed by atoms with Crippen LogP contribution in [0.2, 0.25) is 0 Å². The van der Waals surface area contributed by atoms with E-state index in [0.717, 1.165) is 12.8 Å². The van der Waals surface area contributed by atoms with Gasteiger partial charge < -0.3 is 10.4 Å². The quantitative estimate of drug-likeness (QED) is 0.491. The molecule has 0 atom stereocenters. The maximum Gasteiger partial charge on any atom is 0.240 e. The van der Waals surface area contributed by atoms with E-state index in [2.05, 4.69) is 58.6 Å². The van der Waals surface area contributed by atoms with Crippen LogP contribution in [0.4, 0.5) is 4.39 Å². The Bertz CT molecular complexity index is 1340. The molecule has 3 aromatic heterocycles. The lowest BCUT2D eigenvalue weighted by Gasteiger charge is -2.46. The second-order valence-electron chi connectivity index (χ2n) is 10.2. The maximum atomic E-state index is 14.0. The van der Waals surface area contributed by atoms with Gasteiger partial charge in [-0.1, -0.05) is 11.3 Å². The number of fused-ring (bicyclic) bond motifs is 1. The van der Waals surface area contributed by atoms with E-state index in [4.69, 9.17) is 0 Å². The van der Waals surface area contributed by atoms with Crippen LogP contribution in [0.25, 0.3) is 33.5 Å². The van der Waals surface area contributed by atoms with Crippen molar-refractivity contribution in [2.75, 3.05) is 0 Å². The summed E-state index contributed by atoms with van der Waals surface area (Å²) in [5.41, 5.74) is 2.93. The number of nitrogens with one attached hydrogen (secondary N) is 1. The van der Waals surface area contributed by atoms with Gasteiger partial charge >= 0.3 is 0 Å². The molecular formula is C23H27FN8O. The van der Waals surface area contributed by atoms with E-state index < -0.39 is 5.95 Å². The number of phenolic OH excluding ortho intramolecular Hbond substituents is 1. The zero-order chi connectivity index (χ0) is 23.5. The van der Waals surface area contributed by atoms with Crippen molar-refractivity contribution in [2.45, 2.75) is 57.7 Å². The van der Waals surface area contributed by atoms with Gasteiger partial charge in [-0.2, -0.15) is 4.39 Å². The third-order valence-electron chi connectivity index (χ3n) is 6.10. The number of hydrogen-bond donors (Lipinski definition) is 2. The average Bonchev–Trinajstić information content (AvgIpc) is 3.27. The Kier molecular flexibility index (Phi) is 4.75. The lowest BCUT2D eigenvalue weighted by atomic mass is 9.80. The molecule has 172 valence electrons. The highest BCUT2D eigenvalue weighted by molar-refractivity contribution is 5.79. The summed E-state index contributed by atoms with van der Waals surface area (Å²) in [5, 5.41) is 35.5. The van der Waals surface area contributed by atoms with Gasteiger partial charge in [-0.3, -0.25) is 4.68 Å². The van der Waals surface area contributed by atoms with Crippen LogP contribution >= 0.6 is 0 Å². The van der Waals surface area contributed by atoms with E-state index in [0.29, 0.717) is 33.5 Å². The standard InChI is InChI=1S/C23H27FN8O/c1-22(2)10-14(11-23(3,4)29-22)32-21-18(26-30-32)9-17(25-27-21)15-7-6-13(8-19(15)33)16-12-31(5)28-20(16)24/h6-9,12,14,29,33H,10-11H2,1-5H3. The zero-order valence-electron chi connectivity index (χ0n) is 19.3. The van der Waals surface area contributed by atoms with Crippen LogP contribution in [0.1, 0.15) is 46.6 Å². The van der Waals surface area contributed by atoms with Gasteiger partial charge in [0.15, 0.2) is 0 Å². The Morgan fingerprint density at radius 1 is 1.03 bits per heavy atom. The molecule has 10 heteroatoms. The molecular weight excluding hydrogens is 423 g/mol. The molecule has 1 aromatic carbocycles. The first-order valence-corrected chi connectivity index (χ1v) is 10.9. The molecule has 0 aliphatic carbocycles. The van der Waals surface area contributed by atoms with Gasteiger partial charge in [-0.25, -0.2) is 4.68 Å². The lowest BCUT2D eigenvalue weighted by Crippen LogP contribution is -2.58. The summed E-state index contributed by atoms with van der Waals surface area (Å²) in [6.45, 7) is 8.75. The van der Waals surface area contributed by atoms with E-state index in [1.54, 1.807) is 31.4 Å². The summed E-state index contributed by atoms with van der Waals surface area (Å²) in [6, 6.07) is 6.81.